The molecule has 0 N–H and O–H groups in total. The van der Waals surface area contributed by atoms with E-state index in [0.717, 1.165) is 4.90 Å². The van der Waals surface area contributed by atoms with E-state index in [0.29, 0.717) is 0 Å². The van der Waals surface area contributed by atoms with Gasteiger partial charge in [-0.15, -0.1) is 24.0 Å². The topological polar surface area (TPSA) is 0 Å². The Balaban J connectivity index is 2.93. The summed E-state index contributed by atoms with van der Waals surface area (Å²) in [5.41, 5.74) is 0. The third-order valence-electron chi connectivity index (χ3n) is 1.57. The molecule has 4 heteroatoms. The number of hydrogen-bond donors (Lipinski definition) is 1. The Morgan fingerprint density at radius 1 is 1.25 bits per heavy atom. The molecule has 1 heterocycles. The van der Waals surface area contributed by atoms with Crippen molar-refractivity contribution in [3.05, 3.63) is 24.7 Å². The summed E-state index contributed by atoms with van der Waals surface area (Å²) < 4.78 is 3.91. The van der Waals surface area contributed by atoms with E-state index in [9.17, 15) is 0 Å². The van der Waals surface area contributed by atoms with Crippen LogP contribution in [0, 0.1) is 7.14 Å². The van der Waals surface area contributed by atoms with Crippen LogP contribution in [0.15, 0.2) is 22.4 Å². The molecule has 0 fully saturated rings. The van der Waals surface area contributed by atoms with Crippen molar-refractivity contribution in [3.63, 3.8) is 0 Å². The molecule has 0 spiro atoms. The minimum atomic E-state index is 1.09. The molecule has 0 bridgehead atoms. The monoisotopic (exact) mass is 418 g/mol. The first kappa shape index (κ1) is 9.54. The molecule has 0 saturated heterocycles. The lowest BCUT2D eigenvalue weighted by atomic mass is 10.3. The number of benzene rings is 1. The maximum absolute atomic E-state index is 4.41. The van der Waals surface area contributed by atoms with Gasteiger partial charge in [-0.25, -0.2) is 0 Å². The predicted molar refractivity (Wildman–Crippen MR) is 74.5 cm³/mol. The summed E-state index contributed by atoms with van der Waals surface area (Å²) >= 11 is 10.9. The predicted octanol–water partition coefficient (Wildman–Crippen LogP) is 4.40. The van der Waals surface area contributed by atoms with Gasteiger partial charge in [0, 0.05) is 27.5 Å². The maximum Gasteiger partial charge on any atom is 0.0375 e. The molecule has 0 saturated carbocycles. The first-order valence-corrected chi connectivity index (χ1v) is 6.72. The molecule has 0 nitrogen and oxygen atoms in total. The van der Waals surface area contributed by atoms with Crippen LogP contribution in [0.3, 0.4) is 0 Å². The van der Waals surface area contributed by atoms with E-state index < -0.39 is 0 Å². The van der Waals surface area contributed by atoms with E-state index in [4.69, 9.17) is 0 Å². The Morgan fingerprint density at radius 2 is 2.00 bits per heavy atom. The van der Waals surface area contributed by atoms with Gasteiger partial charge in [-0.2, -0.15) is 0 Å². The Morgan fingerprint density at radius 3 is 2.75 bits per heavy atom. The molecule has 62 valence electrons. The fourth-order valence-electron chi connectivity index (χ4n) is 1.07. The molecule has 0 unspecified atom stereocenters. The summed E-state index contributed by atoms with van der Waals surface area (Å²) in [5.74, 6) is 0. The fourth-order valence-corrected chi connectivity index (χ4v) is 5.18. The largest absolute Gasteiger partial charge is 0.143 e. The second-order valence-corrected chi connectivity index (χ2v) is 6.18. The normalized spacial score (nSPS) is 10.9. The van der Waals surface area contributed by atoms with Crippen LogP contribution in [-0.2, 0) is 0 Å². The van der Waals surface area contributed by atoms with E-state index in [-0.39, 0.29) is 0 Å². The number of thiophene rings is 1. The quantitative estimate of drug-likeness (QED) is 0.476. The molecule has 0 aliphatic carbocycles. The molecule has 0 atom stereocenters. The van der Waals surface area contributed by atoms with Crippen LogP contribution in [0.2, 0.25) is 0 Å². The van der Waals surface area contributed by atoms with Crippen molar-refractivity contribution in [2.24, 2.45) is 0 Å². The van der Waals surface area contributed by atoms with Gasteiger partial charge in [-0.3, -0.25) is 0 Å². The zero-order valence-electron chi connectivity index (χ0n) is 5.84. The zero-order valence-corrected chi connectivity index (χ0v) is 11.9. The van der Waals surface area contributed by atoms with E-state index in [1.807, 2.05) is 0 Å². The second kappa shape index (κ2) is 3.62. The van der Waals surface area contributed by atoms with Crippen molar-refractivity contribution in [2.45, 2.75) is 4.90 Å². The van der Waals surface area contributed by atoms with Crippen LogP contribution >= 0.6 is 69.1 Å². The maximum atomic E-state index is 4.41. The van der Waals surface area contributed by atoms with Crippen molar-refractivity contribution in [3.8, 4) is 0 Å². The van der Waals surface area contributed by atoms with Gasteiger partial charge in [0.2, 0.25) is 0 Å². The van der Waals surface area contributed by atoms with Crippen molar-refractivity contribution < 1.29 is 0 Å². The summed E-state index contributed by atoms with van der Waals surface area (Å²) in [6.07, 6.45) is 0. The number of hydrogen-bond acceptors (Lipinski definition) is 2. The average molecular weight is 418 g/mol. The number of halogens is 2. The average Bonchev–Trinajstić information content (AvgIpc) is 2.31. The van der Waals surface area contributed by atoms with Gasteiger partial charge in [-0.1, -0.05) is 0 Å². The lowest BCUT2D eigenvalue weighted by molar-refractivity contribution is 1.62. The SMILES string of the molecule is Sc1csc2cc(I)cc(I)c12. The lowest BCUT2D eigenvalue weighted by Gasteiger charge is -1.96. The Hall–Kier alpha value is 0.990. The summed E-state index contributed by atoms with van der Waals surface area (Å²) in [6, 6.07) is 4.37. The molecular formula is C8H4I2S2. The highest BCUT2D eigenvalue weighted by atomic mass is 127. The van der Waals surface area contributed by atoms with Crippen LogP contribution in [0.5, 0.6) is 0 Å². The summed E-state index contributed by atoms with van der Waals surface area (Å²) in [5, 5.41) is 3.38. The number of thiol groups is 1. The summed E-state index contributed by atoms with van der Waals surface area (Å²) in [4.78, 5) is 1.09. The molecule has 0 amide bonds. The van der Waals surface area contributed by atoms with Crippen molar-refractivity contribution in [2.75, 3.05) is 0 Å². The van der Waals surface area contributed by atoms with Gasteiger partial charge in [0.15, 0.2) is 0 Å². The van der Waals surface area contributed by atoms with Gasteiger partial charge < -0.3 is 0 Å². The number of fused-ring (bicyclic) bond motifs is 1. The minimum Gasteiger partial charge on any atom is -0.143 e. The van der Waals surface area contributed by atoms with E-state index in [1.54, 1.807) is 11.3 Å². The second-order valence-electron chi connectivity index (χ2n) is 2.38. The Bertz CT molecular complexity index is 434. The van der Waals surface area contributed by atoms with Crippen molar-refractivity contribution in [1.29, 1.82) is 0 Å². The molecule has 2 rings (SSSR count). The summed E-state index contributed by atoms with van der Waals surface area (Å²) in [6.45, 7) is 0. The smallest absolute Gasteiger partial charge is 0.0375 e. The highest BCUT2D eigenvalue weighted by molar-refractivity contribution is 14.1. The molecule has 1 aromatic heterocycles. The van der Waals surface area contributed by atoms with Gasteiger partial charge in [0.05, 0.1) is 0 Å². The molecule has 0 aliphatic heterocycles. The molecule has 12 heavy (non-hydrogen) atoms. The third-order valence-corrected chi connectivity index (χ3v) is 4.50. The van der Waals surface area contributed by atoms with Crippen molar-refractivity contribution in [1.82, 2.24) is 0 Å². The van der Waals surface area contributed by atoms with Gasteiger partial charge >= 0.3 is 0 Å². The van der Waals surface area contributed by atoms with Crippen LogP contribution in [0.4, 0.5) is 0 Å². The van der Waals surface area contributed by atoms with Crippen molar-refractivity contribution >= 4 is 79.2 Å². The Kier molecular flexibility index (Phi) is 2.88. The van der Waals surface area contributed by atoms with Crippen LogP contribution in [0.25, 0.3) is 10.1 Å². The van der Waals surface area contributed by atoms with Gasteiger partial charge in [-0.05, 0) is 57.3 Å². The lowest BCUT2D eigenvalue weighted by Crippen LogP contribution is -1.76. The highest BCUT2D eigenvalue weighted by Gasteiger charge is 2.05. The summed E-state index contributed by atoms with van der Waals surface area (Å²) in [7, 11) is 0. The molecule has 0 radical (unpaired) electrons. The first-order valence-electron chi connectivity index (χ1n) is 3.23. The van der Waals surface area contributed by atoms with Gasteiger partial charge in [0.1, 0.15) is 0 Å². The van der Waals surface area contributed by atoms with Crippen LogP contribution in [0.1, 0.15) is 0 Å². The number of rotatable bonds is 0. The van der Waals surface area contributed by atoms with Crippen LogP contribution in [-0.4, -0.2) is 0 Å². The Labute approximate surface area is 107 Å². The molecule has 1 aromatic carbocycles. The first-order chi connectivity index (χ1) is 5.68. The highest BCUT2D eigenvalue weighted by Crippen LogP contribution is 2.33. The van der Waals surface area contributed by atoms with E-state index >= 15 is 0 Å². The van der Waals surface area contributed by atoms with E-state index in [2.05, 4.69) is 75.3 Å². The minimum absolute atomic E-state index is 1.09. The third kappa shape index (κ3) is 1.62. The zero-order chi connectivity index (χ0) is 8.72. The molecular weight excluding hydrogens is 414 g/mol. The van der Waals surface area contributed by atoms with Crippen LogP contribution < -0.4 is 0 Å². The van der Waals surface area contributed by atoms with Gasteiger partial charge in [0.25, 0.3) is 0 Å². The molecule has 2 aromatic rings. The standard InChI is InChI=1S/C8H4I2S2/c9-4-1-5(10)8-6(11)3-12-7(8)2-4/h1-3,11H. The fraction of sp³-hybridized carbons (Fsp3) is 0. The van der Waals surface area contributed by atoms with E-state index in [1.165, 1.54) is 17.2 Å². The molecule has 0 aliphatic rings.